The molecule has 17 heavy (non-hydrogen) atoms. The van der Waals surface area contributed by atoms with E-state index in [9.17, 15) is 5.11 Å². The van der Waals surface area contributed by atoms with Gasteiger partial charge in [0.2, 0.25) is 5.95 Å². The zero-order valence-electron chi connectivity index (χ0n) is 10.2. The first-order valence-electron chi connectivity index (χ1n) is 5.70. The van der Waals surface area contributed by atoms with Crippen LogP contribution in [0.4, 0.5) is 11.8 Å². The fourth-order valence-corrected chi connectivity index (χ4v) is 1.96. The Hall–Kier alpha value is -0.880. The van der Waals surface area contributed by atoms with E-state index >= 15 is 0 Å². The van der Waals surface area contributed by atoms with Crippen LogP contribution in [-0.2, 0) is 0 Å². The van der Waals surface area contributed by atoms with E-state index in [1.54, 1.807) is 6.07 Å². The average molecular weight is 303 g/mol. The van der Waals surface area contributed by atoms with Gasteiger partial charge in [0.15, 0.2) is 0 Å². The van der Waals surface area contributed by atoms with Gasteiger partial charge in [-0.15, -0.1) is 0 Å². The monoisotopic (exact) mass is 302 g/mol. The average Bonchev–Trinajstić information content (AvgIpc) is 2.30. The predicted octanol–water partition coefficient (Wildman–Crippen LogP) is 2.03. The highest BCUT2D eigenvalue weighted by atomic mass is 79.9. The number of hydrogen-bond donors (Lipinski definition) is 3. The number of halogens is 1. The van der Waals surface area contributed by atoms with Crippen LogP contribution in [0.1, 0.15) is 26.7 Å². The number of nitrogens with one attached hydrogen (secondary N) is 1. The Balaban J connectivity index is 2.71. The Morgan fingerprint density at radius 1 is 1.41 bits per heavy atom. The topological polar surface area (TPSA) is 84.1 Å². The minimum atomic E-state index is -0.125. The molecule has 0 saturated heterocycles. The van der Waals surface area contributed by atoms with E-state index in [4.69, 9.17) is 5.73 Å². The zero-order chi connectivity index (χ0) is 12.9. The molecule has 0 spiro atoms. The van der Waals surface area contributed by atoms with Gasteiger partial charge in [-0.1, -0.05) is 13.8 Å². The van der Waals surface area contributed by atoms with Gasteiger partial charge in [-0.05, 0) is 28.8 Å². The van der Waals surface area contributed by atoms with E-state index in [-0.39, 0.29) is 12.0 Å². The van der Waals surface area contributed by atoms with Crippen LogP contribution in [0.25, 0.3) is 0 Å². The van der Waals surface area contributed by atoms with E-state index in [1.165, 1.54) is 0 Å². The van der Waals surface area contributed by atoms with E-state index in [0.717, 1.165) is 12.8 Å². The van der Waals surface area contributed by atoms with Crippen LogP contribution in [0.3, 0.4) is 0 Å². The maximum atomic E-state index is 9.45. The van der Waals surface area contributed by atoms with E-state index in [2.05, 4.69) is 45.1 Å². The molecule has 4 N–H and O–H groups in total. The second kappa shape index (κ2) is 6.16. The summed E-state index contributed by atoms with van der Waals surface area (Å²) in [5, 5.41) is 12.6. The van der Waals surface area contributed by atoms with Crippen molar-refractivity contribution in [2.45, 2.75) is 26.7 Å². The number of anilines is 2. The highest BCUT2D eigenvalue weighted by molar-refractivity contribution is 9.10. The van der Waals surface area contributed by atoms with Crippen molar-refractivity contribution in [2.24, 2.45) is 5.41 Å². The summed E-state index contributed by atoms with van der Waals surface area (Å²) in [5.41, 5.74) is 5.50. The van der Waals surface area contributed by atoms with Crippen LogP contribution >= 0.6 is 15.9 Å². The second-order valence-corrected chi connectivity index (χ2v) is 4.97. The molecule has 0 fully saturated rings. The van der Waals surface area contributed by atoms with Gasteiger partial charge < -0.3 is 16.2 Å². The first kappa shape index (κ1) is 14.2. The lowest BCUT2D eigenvalue weighted by Gasteiger charge is -2.29. The van der Waals surface area contributed by atoms with Gasteiger partial charge in [0.05, 0.1) is 6.61 Å². The van der Waals surface area contributed by atoms with Gasteiger partial charge in [0.1, 0.15) is 10.4 Å². The highest BCUT2D eigenvalue weighted by Crippen LogP contribution is 2.25. The summed E-state index contributed by atoms with van der Waals surface area (Å²) in [7, 11) is 0. The van der Waals surface area contributed by atoms with Crippen molar-refractivity contribution in [3.05, 3.63) is 10.7 Å². The molecule has 0 saturated carbocycles. The molecule has 0 aromatic carbocycles. The zero-order valence-corrected chi connectivity index (χ0v) is 11.8. The van der Waals surface area contributed by atoms with Crippen molar-refractivity contribution in [2.75, 3.05) is 24.2 Å². The summed E-state index contributed by atoms with van der Waals surface area (Å²) >= 11 is 3.26. The maximum Gasteiger partial charge on any atom is 0.225 e. The molecule has 0 atom stereocenters. The van der Waals surface area contributed by atoms with Crippen LogP contribution in [0.5, 0.6) is 0 Å². The molecular formula is C11H19BrN4O. The summed E-state index contributed by atoms with van der Waals surface area (Å²) in [4.78, 5) is 8.26. The van der Waals surface area contributed by atoms with Gasteiger partial charge in [0.25, 0.3) is 0 Å². The summed E-state index contributed by atoms with van der Waals surface area (Å²) < 4.78 is 0.648. The van der Waals surface area contributed by atoms with E-state index in [1.807, 2.05) is 0 Å². The number of aromatic nitrogens is 2. The molecular weight excluding hydrogens is 284 g/mol. The van der Waals surface area contributed by atoms with Gasteiger partial charge in [-0.2, -0.15) is 4.98 Å². The number of nitrogens with zero attached hydrogens (tertiary/aromatic N) is 2. The van der Waals surface area contributed by atoms with Crippen LogP contribution in [0.2, 0.25) is 0 Å². The van der Waals surface area contributed by atoms with Gasteiger partial charge in [0, 0.05) is 18.0 Å². The normalized spacial score (nSPS) is 11.5. The van der Waals surface area contributed by atoms with Crippen molar-refractivity contribution < 1.29 is 5.11 Å². The van der Waals surface area contributed by atoms with Crippen molar-refractivity contribution >= 4 is 27.7 Å². The van der Waals surface area contributed by atoms with Gasteiger partial charge in [-0.25, -0.2) is 4.98 Å². The van der Waals surface area contributed by atoms with Crippen molar-refractivity contribution in [1.82, 2.24) is 9.97 Å². The molecule has 1 rings (SSSR count). The molecule has 1 aromatic heterocycles. The molecule has 1 aromatic rings. The van der Waals surface area contributed by atoms with E-state index < -0.39 is 0 Å². The number of rotatable bonds is 6. The molecule has 0 bridgehead atoms. The van der Waals surface area contributed by atoms with Crippen molar-refractivity contribution in [1.29, 1.82) is 0 Å². The summed E-state index contributed by atoms with van der Waals surface area (Å²) in [6, 6.07) is 1.64. The minimum Gasteiger partial charge on any atom is -0.396 e. The van der Waals surface area contributed by atoms with Crippen LogP contribution in [-0.4, -0.2) is 28.2 Å². The van der Waals surface area contributed by atoms with Crippen molar-refractivity contribution in [3.63, 3.8) is 0 Å². The Labute approximate surface area is 110 Å². The summed E-state index contributed by atoms with van der Waals surface area (Å²) in [5.74, 6) is 0.897. The molecule has 96 valence electrons. The Morgan fingerprint density at radius 3 is 2.53 bits per heavy atom. The highest BCUT2D eigenvalue weighted by Gasteiger charge is 2.25. The number of nitrogens with two attached hydrogens (primary N) is 1. The molecule has 5 nitrogen and oxygen atoms in total. The summed E-state index contributed by atoms with van der Waals surface area (Å²) in [6.07, 6.45) is 1.80. The number of aliphatic hydroxyl groups excluding tert-OH is 1. The third kappa shape index (κ3) is 3.81. The molecule has 6 heteroatoms. The van der Waals surface area contributed by atoms with Crippen LogP contribution in [0.15, 0.2) is 10.7 Å². The number of nitrogen functional groups attached to an aromatic ring is 1. The first-order valence-corrected chi connectivity index (χ1v) is 6.49. The SMILES string of the molecule is CCC(CC)(CO)CNc1nc(N)cc(Br)n1. The fraction of sp³-hybridized carbons (Fsp3) is 0.636. The predicted molar refractivity (Wildman–Crippen MR) is 72.7 cm³/mol. The molecule has 0 radical (unpaired) electrons. The Bertz CT molecular complexity index is 340. The third-order valence-corrected chi connectivity index (χ3v) is 3.58. The van der Waals surface area contributed by atoms with Crippen molar-refractivity contribution in [3.8, 4) is 0 Å². The summed E-state index contributed by atoms with van der Waals surface area (Å²) in [6.45, 7) is 4.91. The fourth-order valence-electron chi connectivity index (χ4n) is 1.56. The number of hydrogen-bond acceptors (Lipinski definition) is 5. The molecule has 1 heterocycles. The standard InChI is InChI=1S/C11H19BrN4O/c1-3-11(4-2,7-17)6-14-10-15-8(12)5-9(13)16-10/h5,17H,3-4,6-7H2,1-2H3,(H3,13,14,15,16). The van der Waals surface area contributed by atoms with Crippen LogP contribution < -0.4 is 11.1 Å². The van der Waals surface area contributed by atoms with Crippen LogP contribution in [0, 0.1) is 5.41 Å². The lowest BCUT2D eigenvalue weighted by molar-refractivity contribution is 0.127. The second-order valence-electron chi connectivity index (χ2n) is 4.16. The minimum absolute atomic E-state index is 0.125. The molecule has 0 aliphatic rings. The molecule has 0 unspecified atom stereocenters. The molecule has 0 aliphatic carbocycles. The quantitative estimate of drug-likeness (QED) is 0.700. The largest absolute Gasteiger partial charge is 0.396 e. The molecule has 0 aliphatic heterocycles. The smallest absolute Gasteiger partial charge is 0.225 e. The van der Waals surface area contributed by atoms with Gasteiger partial charge in [-0.3, -0.25) is 0 Å². The lowest BCUT2D eigenvalue weighted by atomic mass is 9.83. The van der Waals surface area contributed by atoms with E-state index in [0.29, 0.717) is 22.9 Å². The third-order valence-electron chi connectivity index (χ3n) is 3.17. The Kier molecular flexibility index (Phi) is 5.14. The lowest BCUT2D eigenvalue weighted by Crippen LogP contribution is -2.32. The Morgan fingerprint density at radius 2 is 2.06 bits per heavy atom. The number of aliphatic hydroxyl groups is 1. The molecule has 0 amide bonds. The van der Waals surface area contributed by atoms with Gasteiger partial charge >= 0.3 is 0 Å². The maximum absolute atomic E-state index is 9.45. The first-order chi connectivity index (χ1) is 8.05.